The molecule has 0 aliphatic heterocycles. The van der Waals surface area contributed by atoms with E-state index < -0.39 is 5.97 Å². The number of carbonyl (C=O) groups is 1. The molecule has 2 aromatic rings. The fourth-order valence-corrected chi connectivity index (χ4v) is 2.20. The summed E-state index contributed by atoms with van der Waals surface area (Å²) >= 11 is 0. The van der Waals surface area contributed by atoms with Crippen LogP contribution in [0.25, 0.3) is 5.82 Å². The molecule has 0 bridgehead atoms. The first-order valence-electron chi connectivity index (χ1n) is 7.16. The van der Waals surface area contributed by atoms with Crippen molar-refractivity contribution < 1.29 is 9.90 Å². The molecule has 0 atom stereocenters. The maximum atomic E-state index is 11.3. The Morgan fingerprint density at radius 1 is 1.33 bits per heavy atom. The number of pyridine rings is 1. The van der Waals surface area contributed by atoms with Gasteiger partial charge < -0.3 is 5.11 Å². The smallest absolute Gasteiger partial charge is 0.335 e. The van der Waals surface area contributed by atoms with Gasteiger partial charge >= 0.3 is 5.97 Å². The lowest BCUT2D eigenvalue weighted by Gasteiger charge is -2.19. The molecule has 110 valence electrons. The minimum atomic E-state index is -0.946. The highest BCUT2D eigenvalue weighted by atomic mass is 16.4. The van der Waals surface area contributed by atoms with Crippen LogP contribution in [0, 0.1) is 0 Å². The maximum absolute atomic E-state index is 11.3. The summed E-state index contributed by atoms with van der Waals surface area (Å²) < 4.78 is 1.68. The van der Waals surface area contributed by atoms with Crippen molar-refractivity contribution in [1.29, 1.82) is 0 Å². The number of carboxylic acids is 1. The maximum Gasteiger partial charge on any atom is 0.335 e. The first-order chi connectivity index (χ1) is 9.84. The quantitative estimate of drug-likeness (QED) is 0.940. The lowest BCUT2D eigenvalue weighted by atomic mass is 9.91. The minimum Gasteiger partial charge on any atom is -0.478 e. The molecule has 5 heteroatoms. The van der Waals surface area contributed by atoms with E-state index in [1.165, 1.54) is 12.8 Å². The Kier molecular flexibility index (Phi) is 3.08. The van der Waals surface area contributed by atoms with E-state index >= 15 is 0 Å². The Labute approximate surface area is 123 Å². The summed E-state index contributed by atoms with van der Waals surface area (Å²) in [5.41, 5.74) is 1.84. The summed E-state index contributed by atoms with van der Waals surface area (Å²) in [7, 11) is 0. The van der Waals surface area contributed by atoms with E-state index in [9.17, 15) is 9.90 Å². The van der Waals surface area contributed by atoms with Gasteiger partial charge in [-0.1, -0.05) is 20.8 Å². The van der Waals surface area contributed by atoms with Gasteiger partial charge in [-0.15, -0.1) is 0 Å². The van der Waals surface area contributed by atoms with Crippen LogP contribution in [-0.4, -0.2) is 25.8 Å². The van der Waals surface area contributed by atoms with Gasteiger partial charge in [-0.05, 0) is 31.0 Å². The van der Waals surface area contributed by atoms with Crippen molar-refractivity contribution >= 4 is 5.97 Å². The van der Waals surface area contributed by atoms with Gasteiger partial charge in [0.2, 0.25) is 0 Å². The van der Waals surface area contributed by atoms with Gasteiger partial charge in [-0.2, -0.15) is 5.10 Å². The largest absolute Gasteiger partial charge is 0.478 e. The number of aromatic carboxylic acids is 1. The Hall–Kier alpha value is -2.17. The van der Waals surface area contributed by atoms with Crippen LogP contribution in [0.5, 0.6) is 0 Å². The van der Waals surface area contributed by atoms with E-state index in [1.807, 2.05) is 33.0 Å². The van der Waals surface area contributed by atoms with Crippen LogP contribution in [-0.2, 0) is 5.41 Å². The Morgan fingerprint density at radius 3 is 2.62 bits per heavy atom. The molecule has 0 aromatic carbocycles. The predicted molar refractivity (Wildman–Crippen MR) is 79.0 cm³/mol. The number of rotatable bonds is 3. The third kappa shape index (κ3) is 2.82. The van der Waals surface area contributed by atoms with E-state index in [2.05, 4.69) is 10.1 Å². The normalized spacial score (nSPS) is 15.2. The van der Waals surface area contributed by atoms with Crippen molar-refractivity contribution in [3.63, 3.8) is 0 Å². The summed E-state index contributed by atoms with van der Waals surface area (Å²) in [6.07, 6.45) is 4.23. The van der Waals surface area contributed by atoms with Crippen molar-refractivity contribution in [3.05, 3.63) is 41.3 Å². The SMILES string of the molecule is CC(C)(C)c1cc(C(=O)O)cc(-n2ccc(C3CC3)n2)n1. The second-order valence-electron chi connectivity index (χ2n) is 6.61. The first-order valence-corrected chi connectivity index (χ1v) is 7.16. The number of hydrogen-bond donors (Lipinski definition) is 1. The molecule has 1 fully saturated rings. The molecular weight excluding hydrogens is 266 g/mol. The number of aromatic nitrogens is 3. The lowest BCUT2D eigenvalue weighted by Crippen LogP contribution is -2.17. The molecule has 1 saturated carbocycles. The first kappa shape index (κ1) is 13.8. The van der Waals surface area contributed by atoms with Gasteiger partial charge in [0.05, 0.1) is 11.3 Å². The van der Waals surface area contributed by atoms with Crippen molar-refractivity contribution in [3.8, 4) is 5.82 Å². The van der Waals surface area contributed by atoms with Crippen molar-refractivity contribution in [2.24, 2.45) is 0 Å². The monoisotopic (exact) mass is 285 g/mol. The van der Waals surface area contributed by atoms with Crippen LogP contribution in [0.3, 0.4) is 0 Å². The molecule has 2 aromatic heterocycles. The summed E-state index contributed by atoms with van der Waals surface area (Å²) in [5.74, 6) is 0.182. The Morgan fingerprint density at radius 2 is 2.05 bits per heavy atom. The third-order valence-corrected chi connectivity index (χ3v) is 3.67. The molecule has 0 amide bonds. The van der Waals surface area contributed by atoms with Crippen LogP contribution in [0.1, 0.15) is 61.3 Å². The van der Waals surface area contributed by atoms with Gasteiger partial charge in [0, 0.05) is 23.2 Å². The molecule has 3 rings (SSSR count). The zero-order valence-electron chi connectivity index (χ0n) is 12.5. The van der Waals surface area contributed by atoms with Gasteiger partial charge in [0.1, 0.15) is 0 Å². The molecule has 1 N–H and O–H groups in total. The topological polar surface area (TPSA) is 68.0 Å². The number of carboxylic acid groups (broad SMARTS) is 1. The number of hydrogen-bond acceptors (Lipinski definition) is 3. The highest BCUT2D eigenvalue weighted by molar-refractivity contribution is 5.88. The average Bonchev–Trinajstić information content (AvgIpc) is 3.15. The van der Waals surface area contributed by atoms with Crippen molar-refractivity contribution in [2.75, 3.05) is 0 Å². The summed E-state index contributed by atoms with van der Waals surface area (Å²) in [6, 6.07) is 5.20. The molecule has 0 radical (unpaired) electrons. The molecule has 2 heterocycles. The highest BCUT2D eigenvalue weighted by Gasteiger charge is 2.26. The Balaban J connectivity index is 2.07. The molecule has 0 saturated heterocycles. The number of nitrogens with zero attached hydrogens (tertiary/aromatic N) is 3. The molecule has 1 aliphatic carbocycles. The predicted octanol–water partition coefficient (Wildman–Crippen LogP) is 3.14. The second kappa shape index (κ2) is 4.69. The van der Waals surface area contributed by atoms with E-state index in [1.54, 1.807) is 16.8 Å². The lowest BCUT2D eigenvalue weighted by molar-refractivity contribution is 0.0696. The fourth-order valence-electron chi connectivity index (χ4n) is 2.20. The average molecular weight is 285 g/mol. The minimum absolute atomic E-state index is 0.216. The van der Waals surface area contributed by atoms with E-state index in [4.69, 9.17) is 0 Å². The Bertz CT molecular complexity index is 694. The second-order valence-corrected chi connectivity index (χ2v) is 6.61. The van der Waals surface area contributed by atoms with Crippen molar-refractivity contribution in [1.82, 2.24) is 14.8 Å². The molecule has 1 aliphatic rings. The molecule has 0 spiro atoms. The van der Waals surface area contributed by atoms with Gasteiger partial charge in [0.25, 0.3) is 0 Å². The van der Waals surface area contributed by atoms with E-state index in [-0.39, 0.29) is 11.0 Å². The van der Waals surface area contributed by atoms with Crippen LogP contribution < -0.4 is 0 Å². The van der Waals surface area contributed by atoms with Crippen LogP contribution >= 0.6 is 0 Å². The van der Waals surface area contributed by atoms with Crippen LogP contribution in [0.2, 0.25) is 0 Å². The van der Waals surface area contributed by atoms with Gasteiger partial charge in [-0.25, -0.2) is 14.5 Å². The zero-order valence-corrected chi connectivity index (χ0v) is 12.5. The van der Waals surface area contributed by atoms with Gasteiger partial charge in [-0.3, -0.25) is 0 Å². The fraction of sp³-hybridized carbons (Fsp3) is 0.438. The van der Waals surface area contributed by atoms with Crippen LogP contribution in [0.4, 0.5) is 0 Å². The standard InChI is InChI=1S/C16H19N3O2/c1-16(2,3)13-8-11(15(20)21)9-14(17-13)19-7-6-12(18-19)10-4-5-10/h6-10H,4-5H2,1-3H3,(H,20,21). The van der Waals surface area contributed by atoms with Gasteiger partial charge in [0.15, 0.2) is 5.82 Å². The third-order valence-electron chi connectivity index (χ3n) is 3.67. The summed E-state index contributed by atoms with van der Waals surface area (Å²) in [4.78, 5) is 15.9. The van der Waals surface area contributed by atoms with Crippen LogP contribution in [0.15, 0.2) is 24.4 Å². The molecule has 21 heavy (non-hydrogen) atoms. The van der Waals surface area contributed by atoms with E-state index in [0.717, 1.165) is 11.4 Å². The molecular formula is C16H19N3O2. The summed E-state index contributed by atoms with van der Waals surface area (Å²) in [6.45, 7) is 6.05. The van der Waals surface area contributed by atoms with E-state index in [0.29, 0.717) is 11.7 Å². The van der Waals surface area contributed by atoms with Crippen molar-refractivity contribution in [2.45, 2.75) is 44.9 Å². The zero-order chi connectivity index (χ0) is 15.2. The summed E-state index contributed by atoms with van der Waals surface area (Å²) in [5, 5.41) is 13.8. The molecule has 5 nitrogen and oxygen atoms in total. The highest BCUT2D eigenvalue weighted by Crippen LogP contribution is 2.39. The molecule has 0 unspecified atom stereocenters.